The lowest BCUT2D eigenvalue weighted by Gasteiger charge is -1.97. The monoisotopic (exact) mass is 292 g/mol. The second-order valence-electron chi connectivity index (χ2n) is 3.72. The van der Waals surface area contributed by atoms with E-state index in [1.807, 2.05) is 18.4 Å². The average molecular weight is 293 g/mol. The molecule has 0 fully saturated rings. The molecule has 8 heteroatoms. The van der Waals surface area contributed by atoms with Crippen LogP contribution in [-0.2, 0) is 0 Å². The smallest absolute Gasteiger partial charge is 0.258 e. The Morgan fingerprint density at radius 3 is 2.58 bits per heavy atom. The lowest BCUT2D eigenvalue weighted by atomic mass is 10.2. The second kappa shape index (κ2) is 4.67. The van der Waals surface area contributed by atoms with Crippen LogP contribution in [0.25, 0.3) is 17.2 Å². The number of nitrogen functional groups attached to an aromatic ring is 1. The van der Waals surface area contributed by atoms with Gasteiger partial charge in [-0.2, -0.15) is 19.5 Å². The number of nitrogens with zero attached hydrogens (tertiary/aromatic N) is 5. The van der Waals surface area contributed by atoms with Crippen molar-refractivity contribution in [3.8, 4) is 11.4 Å². The molecule has 19 heavy (non-hydrogen) atoms. The molecule has 2 N–H and O–H groups in total. The van der Waals surface area contributed by atoms with Gasteiger partial charge in [0.05, 0.1) is 0 Å². The second-order valence-corrected chi connectivity index (χ2v) is 4.93. The Bertz CT molecular complexity index is 739. The molecule has 2 aromatic heterocycles. The summed E-state index contributed by atoms with van der Waals surface area (Å²) >= 11 is 7.26. The minimum atomic E-state index is 0.266. The van der Waals surface area contributed by atoms with Gasteiger partial charge in [0.2, 0.25) is 5.95 Å². The van der Waals surface area contributed by atoms with Crippen LogP contribution < -0.4 is 5.73 Å². The Balaban J connectivity index is 2.16. The first-order chi connectivity index (χ1) is 9.17. The van der Waals surface area contributed by atoms with Crippen LogP contribution in [-0.4, -0.2) is 30.8 Å². The summed E-state index contributed by atoms with van der Waals surface area (Å²) < 4.78 is 1.42. The van der Waals surface area contributed by atoms with Crippen molar-refractivity contribution in [2.75, 3.05) is 12.0 Å². The predicted molar refractivity (Wildman–Crippen MR) is 75.2 cm³/mol. The highest BCUT2D eigenvalue weighted by Gasteiger charge is 2.11. The third kappa shape index (κ3) is 2.22. The van der Waals surface area contributed by atoms with Crippen molar-refractivity contribution < 1.29 is 0 Å². The van der Waals surface area contributed by atoms with E-state index in [2.05, 4.69) is 20.1 Å². The van der Waals surface area contributed by atoms with Gasteiger partial charge in [-0.05, 0) is 30.5 Å². The number of aromatic nitrogens is 5. The molecule has 2 heterocycles. The van der Waals surface area contributed by atoms with Gasteiger partial charge in [0, 0.05) is 10.6 Å². The van der Waals surface area contributed by atoms with Gasteiger partial charge < -0.3 is 5.73 Å². The Kier molecular flexibility index (Phi) is 3.00. The Morgan fingerprint density at radius 2 is 1.89 bits per heavy atom. The van der Waals surface area contributed by atoms with E-state index in [9.17, 15) is 0 Å². The summed E-state index contributed by atoms with van der Waals surface area (Å²) in [5.74, 6) is 1.24. The molecule has 96 valence electrons. The number of benzene rings is 1. The third-order valence-corrected chi connectivity index (χ3v) is 3.30. The van der Waals surface area contributed by atoms with Crippen LogP contribution in [0.1, 0.15) is 0 Å². The maximum absolute atomic E-state index is 5.85. The number of fused-ring (bicyclic) bond motifs is 1. The minimum absolute atomic E-state index is 0.266. The summed E-state index contributed by atoms with van der Waals surface area (Å²) in [6.45, 7) is 0. The first-order valence-electron chi connectivity index (χ1n) is 5.37. The number of hydrogen-bond donors (Lipinski definition) is 1. The molecule has 0 aliphatic heterocycles. The molecule has 0 radical (unpaired) electrons. The van der Waals surface area contributed by atoms with Gasteiger partial charge in [0.1, 0.15) is 0 Å². The molecular weight excluding hydrogens is 284 g/mol. The molecule has 0 aliphatic carbocycles. The van der Waals surface area contributed by atoms with E-state index in [0.717, 1.165) is 5.56 Å². The quantitative estimate of drug-likeness (QED) is 0.729. The number of nitrogens with two attached hydrogens (primary N) is 1. The number of anilines is 1. The van der Waals surface area contributed by atoms with Crippen molar-refractivity contribution in [1.29, 1.82) is 0 Å². The third-order valence-electron chi connectivity index (χ3n) is 2.50. The molecular formula is C11H9ClN6S. The fraction of sp³-hybridized carbons (Fsp3) is 0.0909. The first kappa shape index (κ1) is 12.2. The molecule has 0 atom stereocenters. The van der Waals surface area contributed by atoms with E-state index >= 15 is 0 Å². The molecule has 0 amide bonds. The van der Waals surface area contributed by atoms with E-state index in [-0.39, 0.29) is 5.95 Å². The van der Waals surface area contributed by atoms with Crippen LogP contribution in [0.15, 0.2) is 29.4 Å². The van der Waals surface area contributed by atoms with Gasteiger partial charge in [-0.15, -0.1) is 5.10 Å². The van der Waals surface area contributed by atoms with E-state index in [1.165, 1.54) is 16.3 Å². The standard InChI is InChI=1S/C11H9ClN6S/c1-19-11-15-9(13)18-10(16-11)14-8(17-18)6-2-4-7(12)5-3-6/h2-5H,1H3,(H2,13,14,15,16,17). The van der Waals surface area contributed by atoms with Crippen LogP contribution in [0.3, 0.4) is 0 Å². The number of thioether (sulfide) groups is 1. The maximum Gasteiger partial charge on any atom is 0.258 e. The van der Waals surface area contributed by atoms with Crippen molar-refractivity contribution in [1.82, 2.24) is 24.6 Å². The summed E-state index contributed by atoms with van der Waals surface area (Å²) in [5.41, 5.74) is 6.67. The molecule has 0 aliphatic rings. The summed E-state index contributed by atoms with van der Waals surface area (Å²) in [5, 5.41) is 5.52. The topological polar surface area (TPSA) is 82.0 Å². The zero-order valence-corrected chi connectivity index (χ0v) is 11.5. The fourth-order valence-electron chi connectivity index (χ4n) is 1.60. The van der Waals surface area contributed by atoms with Crippen molar-refractivity contribution in [2.24, 2.45) is 0 Å². The van der Waals surface area contributed by atoms with Crippen molar-refractivity contribution in [3.05, 3.63) is 29.3 Å². The lowest BCUT2D eigenvalue weighted by molar-refractivity contribution is 0.851. The summed E-state index contributed by atoms with van der Waals surface area (Å²) in [4.78, 5) is 12.7. The molecule has 0 saturated heterocycles. The molecule has 0 spiro atoms. The Morgan fingerprint density at radius 1 is 1.16 bits per heavy atom. The molecule has 0 saturated carbocycles. The largest absolute Gasteiger partial charge is 0.368 e. The lowest BCUT2D eigenvalue weighted by Crippen LogP contribution is -2.04. The SMILES string of the molecule is CSc1nc(N)n2nc(-c3ccc(Cl)cc3)nc2n1. The molecule has 0 bridgehead atoms. The van der Waals surface area contributed by atoms with E-state index in [0.29, 0.717) is 21.8 Å². The number of hydrogen-bond acceptors (Lipinski definition) is 6. The van der Waals surface area contributed by atoms with Gasteiger partial charge in [-0.25, -0.2) is 0 Å². The Hall–Kier alpha value is -1.86. The molecule has 3 rings (SSSR count). The Labute approximate surface area is 118 Å². The van der Waals surface area contributed by atoms with Crippen LogP contribution in [0, 0.1) is 0 Å². The summed E-state index contributed by atoms with van der Waals surface area (Å²) in [6, 6.07) is 7.25. The summed E-state index contributed by atoms with van der Waals surface area (Å²) in [6.07, 6.45) is 1.88. The highest BCUT2D eigenvalue weighted by molar-refractivity contribution is 7.98. The van der Waals surface area contributed by atoms with E-state index in [1.54, 1.807) is 12.1 Å². The van der Waals surface area contributed by atoms with Gasteiger partial charge in [-0.1, -0.05) is 23.4 Å². The molecule has 6 nitrogen and oxygen atoms in total. The highest BCUT2D eigenvalue weighted by atomic mass is 35.5. The van der Waals surface area contributed by atoms with Crippen molar-refractivity contribution in [2.45, 2.75) is 5.16 Å². The number of rotatable bonds is 2. The minimum Gasteiger partial charge on any atom is -0.368 e. The van der Waals surface area contributed by atoms with Crippen molar-refractivity contribution in [3.63, 3.8) is 0 Å². The van der Waals surface area contributed by atoms with Crippen LogP contribution in [0.2, 0.25) is 5.02 Å². The van der Waals surface area contributed by atoms with Gasteiger partial charge in [0.15, 0.2) is 11.0 Å². The van der Waals surface area contributed by atoms with Crippen LogP contribution >= 0.6 is 23.4 Å². The van der Waals surface area contributed by atoms with Crippen LogP contribution in [0.4, 0.5) is 5.95 Å². The van der Waals surface area contributed by atoms with Gasteiger partial charge in [0.25, 0.3) is 5.78 Å². The zero-order chi connectivity index (χ0) is 13.4. The predicted octanol–water partition coefficient (Wildman–Crippen LogP) is 2.14. The van der Waals surface area contributed by atoms with Gasteiger partial charge >= 0.3 is 0 Å². The van der Waals surface area contributed by atoms with Crippen LogP contribution in [0.5, 0.6) is 0 Å². The number of halogens is 1. The molecule has 0 unspecified atom stereocenters. The molecule has 1 aromatic carbocycles. The summed E-state index contributed by atoms with van der Waals surface area (Å²) in [7, 11) is 0. The van der Waals surface area contributed by atoms with Gasteiger partial charge in [-0.3, -0.25) is 0 Å². The fourth-order valence-corrected chi connectivity index (χ4v) is 2.08. The van der Waals surface area contributed by atoms with E-state index < -0.39 is 0 Å². The molecule has 3 aromatic rings. The maximum atomic E-state index is 5.85. The van der Waals surface area contributed by atoms with Crippen molar-refractivity contribution >= 4 is 35.1 Å². The highest BCUT2D eigenvalue weighted by Crippen LogP contribution is 2.20. The van der Waals surface area contributed by atoms with E-state index in [4.69, 9.17) is 17.3 Å². The average Bonchev–Trinajstić information content (AvgIpc) is 2.84. The first-order valence-corrected chi connectivity index (χ1v) is 6.98. The normalized spacial score (nSPS) is 11.1. The zero-order valence-electron chi connectivity index (χ0n) is 9.91.